The molecule has 12 rings (SSSR count). The van der Waals surface area contributed by atoms with E-state index >= 15 is 0 Å². The third-order valence-electron chi connectivity index (χ3n) is 14.8. The fourth-order valence-electron chi connectivity index (χ4n) is 12.0. The summed E-state index contributed by atoms with van der Waals surface area (Å²) in [4.78, 5) is 2.64. The van der Waals surface area contributed by atoms with Crippen molar-refractivity contribution in [3.63, 3.8) is 0 Å². The van der Waals surface area contributed by atoms with Crippen LogP contribution in [0.1, 0.15) is 65.5 Å². The normalized spacial score (nSPS) is 25.7. The first kappa shape index (κ1) is 35.5. The Bertz CT molecular complexity index is 2550. The molecule has 7 aromatic carbocycles. The molecule has 7 aromatic rings. The highest BCUT2D eigenvalue weighted by Gasteiger charge is 2.73. The van der Waals surface area contributed by atoms with E-state index in [9.17, 15) is 5.11 Å². The predicted molar refractivity (Wildman–Crippen MR) is 233 cm³/mol. The Morgan fingerprint density at radius 2 is 1.27 bits per heavy atom. The molecule has 59 heavy (non-hydrogen) atoms. The second kappa shape index (κ2) is 13.5. The van der Waals surface area contributed by atoms with Crippen molar-refractivity contribution >= 4 is 21.5 Å². The number of benzene rings is 7. The van der Waals surface area contributed by atoms with Gasteiger partial charge in [0, 0.05) is 34.8 Å². The lowest BCUT2D eigenvalue weighted by Crippen LogP contribution is -2.77. The van der Waals surface area contributed by atoms with E-state index in [-0.39, 0.29) is 18.2 Å². The largest absolute Gasteiger partial charge is 0.482 e. The van der Waals surface area contributed by atoms with Crippen molar-refractivity contribution in [2.45, 2.75) is 80.0 Å². The van der Waals surface area contributed by atoms with Crippen molar-refractivity contribution in [1.29, 1.82) is 0 Å². The molecule has 0 aromatic heterocycles. The van der Waals surface area contributed by atoms with Crippen LogP contribution in [0.4, 0.5) is 0 Å². The van der Waals surface area contributed by atoms with E-state index in [0.717, 1.165) is 66.3 Å². The van der Waals surface area contributed by atoms with Crippen LogP contribution in [0.5, 0.6) is 11.5 Å². The Balaban J connectivity index is 1.00. The first-order valence-corrected chi connectivity index (χ1v) is 21.7. The lowest BCUT2D eigenvalue weighted by atomic mass is 9.48. The molecule has 0 amide bonds. The van der Waals surface area contributed by atoms with Crippen LogP contribution < -0.4 is 9.47 Å². The minimum absolute atomic E-state index is 0.0353. The molecule has 5 aliphatic rings. The highest BCUT2D eigenvalue weighted by molar-refractivity contribution is 6.02. The quantitative estimate of drug-likeness (QED) is 0.111. The van der Waals surface area contributed by atoms with Crippen molar-refractivity contribution in [2.75, 3.05) is 13.1 Å². The first-order chi connectivity index (χ1) is 29.1. The molecular formula is C54H49NO4. The highest BCUT2D eigenvalue weighted by atomic mass is 16.6. The molecule has 2 aliphatic heterocycles. The average molecular weight is 776 g/mol. The molecule has 2 bridgehead atoms. The molecule has 5 nitrogen and oxygen atoms in total. The fraction of sp³-hybridized carbons (Fsp3) is 0.296. The standard InChI is InChI=1S/C54H49NO4/c56-53-29-28-47(57-35-45-43-22-12-10-14-37(43)32-38-15-11-13-23-44(38)45)51-52(53)30-31-55(34-36-24-25-36)48(53)33-39-26-27-46(50(58-51)49(39)52)59-54(40-16-4-1-5-17-40,41-18-6-2-7-19-41)42-20-8-3-9-21-42/h1-23,26-27,32,36,47-48,51,56H,24-25,28-31,33-35H2/t47-,48-,51+,52+,53-/m1/s1. The molecule has 3 aliphatic carbocycles. The minimum atomic E-state index is -0.976. The Hall–Kier alpha value is -5.46. The van der Waals surface area contributed by atoms with Gasteiger partial charge in [-0.3, -0.25) is 4.90 Å². The molecule has 1 spiro atoms. The molecule has 294 valence electrons. The molecule has 0 radical (unpaired) electrons. The first-order valence-electron chi connectivity index (χ1n) is 21.7. The summed E-state index contributed by atoms with van der Waals surface area (Å²) in [5.41, 5.74) is 4.17. The van der Waals surface area contributed by atoms with E-state index in [1.807, 2.05) is 0 Å². The summed E-state index contributed by atoms with van der Waals surface area (Å²) in [6.07, 6.45) is 5.02. The van der Waals surface area contributed by atoms with Gasteiger partial charge in [0.2, 0.25) is 0 Å². The molecule has 3 fully saturated rings. The van der Waals surface area contributed by atoms with E-state index in [4.69, 9.17) is 14.2 Å². The van der Waals surface area contributed by atoms with Crippen LogP contribution in [0.25, 0.3) is 21.5 Å². The van der Waals surface area contributed by atoms with Gasteiger partial charge in [-0.1, -0.05) is 146 Å². The SMILES string of the molecule is O[C@@]12CC[C@@H](OCc3c4ccccc4cc4ccccc34)[C@@H]3Oc4c(OC(c5ccccc5)(c5ccccc5)c5ccccc5)ccc5c4[C@@]31CCN(CC1CC1)[C@@H]2C5. The summed E-state index contributed by atoms with van der Waals surface area (Å²) in [5, 5.41) is 18.4. The van der Waals surface area contributed by atoms with E-state index in [1.54, 1.807) is 0 Å². The molecule has 2 saturated carbocycles. The highest BCUT2D eigenvalue weighted by Crippen LogP contribution is 2.66. The van der Waals surface area contributed by atoms with E-state index in [1.165, 1.54) is 45.5 Å². The fourth-order valence-corrected chi connectivity index (χ4v) is 12.0. The average Bonchev–Trinajstić information content (AvgIpc) is 4.04. The minimum Gasteiger partial charge on any atom is -0.482 e. The van der Waals surface area contributed by atoms with Crippen molar-refractivity contribution in [3.05, 3.63) is 191 Å². The molecule has 1 saturated heterocycles. The Kier molecular flexibility index (Phi) is 8.14. The third kappa shape index (κ3) is 5.27. The number of likely N-dealkylation sites (tertiary alicyclic amines) is 1. The lowest BCUT2D eigenvalue weighted by Gasteiger charge is -2.64. The zero-order valence-electron chi connectivity index (χ0n) is 33.3. The maximum Gasteiger partial charge on any atom is 0.184 e. The van der Waals surface area contributed by atoms with Crippen molar-refractivity contribution in [2.24, 2.45) is 5.92 Å². The lowest BCUT2D eigenvalue weighted by molar-refractivity contribution is -0.216. The van der Waals surface area contributed by atoms with Gasteiger partial charge in [0.25, 0.3) is 0 Å². The zero-order valence-corrected chi connectivity index (χ0v) is 33.3. The van der Waals surface area contributed by atoms with Gasteiger partial charge < -0.3 is 19.3 Å². The number of piperidine rings is 1. The van der Waals surface area contributed by atoms with Crippen LogP contribution >= 0.6 is 0 Å². The zero-order chi connectivity index (χ0) is 39.2. The monoisotopic (exact) mass is 775 g/mol. The number of fused-ring (bicyclic) bond motifs is 2. The molecule has 2 heterocycles. The van der Waals surface area contributed by atoms with Gasteiger partial charge in [0.1, 0.15) is 6.10 Å². The number of rotatable bonds is 10. The van der Waals surface area contributed by atoms with Gasteiger partial charge in [-0.2, -0.15) is 0 Å². The molecule has 0 unspecified atom stereocenters. The van der Waals surface area contributed by atoms with Gasteiger partial charge in [-0.15, -0.1) is 0 Å². The van der Waals surface area contributed by atoms with Crippen LogP contribution in [0.15, 0.2) is 158 Å². The van der Waals surface area contributed by atoms with Crippen LogP contribution in [0.2, 0.25) is 0 Å². The van der Waals surface area contributed by atoms with Gasteiger partial charge in [-0.25, -0.2) is 0 Å². The number of nitrogens with zero attached hydrogens (tertiary/aromatic N) is 1. The third-order valence-corrected chi connectivity index (χ3v) is 14.8. The van der Waals surface area contributed by atoms with Gasteiger partial charge in [0.05, 0.1) is 23.7 Å². The van der Waals surface area contributed by atoms with Crippen LogP contribution in [-0.4, -0.2) is 46.9 Å². The van der Waals surface area contributed by atoms with Crippen molar-refractivity contribution in [3.8, 4) is 11.5 Å². The van der Waals surface area contributed by atoms with E-state index < -0.39 is 16.6 Å². The molecule has 1 N–H and O–H groups in total. The predicted octanol–water partition coefficient (Wildman–Crippen LogP) is 10.5. The van der Waals surface area contributed by atoms with Crippen LogP contribution in [-0.2, 0) is 28.8 Å². The number of aliphatic hydroxyl groups is 1. The number of hydrogen-bond donors (Lipinski definition) is 1. The van der Waals surface area contributed by atoms with Crippen molar-refractivity contribution in [1.82, 2.24) is 4.90 Å². The second-order valence-electron chi connectivity index (χ2n) is 17.8. The molecule has 5 heteroatoms. The van der Waals surface area contributed by atoms with Gasteiger partial charge in [-0.05, 0) is 95.8 Å². The van der Waals surface area contributed by atoms with Crippen LogP contribution in [0.3, 0.4) is 0 Å². The van der Waals surface area contributed by atoms with Crippen LogP contribution in [0, 0.1) is 5.92 Å². The smallest absolute Gasteiger partial charge is 0.184 e. The van der Waals surface area contributed by atoms with Crippen molar-refractivity contribution < 1.29 is 19.3 Å². The van der Waals surface area contributed by atoms with Gasteiger partial charge >= 0.3 is 0 Å². The Morgan fingerprint density at radius 1 is 0.678 bits per heavy atom. The maximum absolute atomic E-state index is 13.5. The molecule has 5 atom stereocenters. The number of hydrogen-bond acceptors (Lipinski definition) is 5. The summed E-state index contributed by atoms with van der Waals surface area (Å²) < 4.78 is 22.4. The summed E-state index contributed by atoms with van der Waals surface area (Å²) >= 11 is 0. The Labute approximate surface area is 346 Å². The molecular weight excluding hydrogens is 727 g/mol. The van der Waals surface area contributed by atoms with E-state index in [0.29, 0.717) is 18.8 Å². The summed E-state index contributed by atoms with van der Waals surface area (Å²) in [5.74, 6) is 2.22. The number of ether oxygens (including phenoxy) is 3. The van der Waals surface area contributed by atoms with Gasteiger partial charge in [0.15, 0.2) is 17.1 Å². The summed E-state index contributed by atoms with van der Waals surface area (Å²) in [6, 6.07) is 55.7. The second-order valence-corrected chi connectivity index (χ2v) is 17.8. The summed E-state index contributed by atoms with van der Waals surface area (Å²) in [6.45, 7) is 2.47. The summed E-state index contributed by atoms with van der Waals surface area (Å²) in [7, 11) is 0. The Morgan fingerprint density at radius 3 is 1.88 bits per heavy atom. The maximum atomic E-state index is 13.5. The van der Waals surface area contributed by atoms with E-state index in [2.05, 4.69) is 163 Å². The topological polar surface area (TPSA) is 51.2 Å².